The summed E-state index contributed by atoms with van der Waals surface area (Å²) in [7, 11) is 0. The van der Waals surface area contributed by atoms with Crippen LogP contribution in [0.1, 0.15) is 106 Å². The van der Waals surface area contributed by atoms with E-state index in [1.54, 1.807) is 6.92 Å². The molecule has 0 aliphatic heterocycles. The molecule has 0 radical (unpaired) electrons. The molecule has 0 heterocycles. The molecule has 0 amide bonds. The molecule has 5 rings (SSSR count). The van der Waals surface area contributed by atoms with Crippen molar-refractivity contribution in [1.29, 1.82) is 0 Å². The van der Waals surface area contributed by atoms with Gasteiger partial charge >= 0.3 is 0 Å². The first-order chi connectivity index (χ1) is 16.6. The first-order valence-electron chi connectivity index (χ1n) is 14.6. The lowest BCUT2D eigenvalue weighted by molar-refractivity contribution is -0.252. The molecule has 1 unspecified atom stereocenters. The number of fused-ring (bicyclic) bond motifs is 7. The SMILES string of the molecule is C=C(C)[C@@H]1CC[C@]2(C(=O)Cl)C(C(C)=O)C[C@]3(C)[C@H](CC[C@@H]4[C@@]5(C)CC[C@H](O)C(C)(C)[C@@H]5CC[C@]43C)[C@@H]12. The molecule has 0 aromatic rings. The van der Waals surface area contributed by atoms with Gasteiger partial charge in [0.25, 0.3) is 0 Å². The molecule has 5 aliphatic carbocycles. The van der Waals surface area contributed by atoms with Crippen molar-refractivity contribution in [3.8, 4) is 0 Å². The van der Waals surface area contributed by atoms with Gasteiger partial charge in [-0.05, 0) is 134 Å². The van der Waals surface area contributed by atoms with Crippen LogP contribution in [0.2, 0.25) is 0 Å². The van der Waals surface area contributed by atoms with Crippen LogP contribution in [0.3, 0.4) is 0 Å². The van der Waals surface area contributed by atoms with Crippen LogP contribution in [0.25, 0.3) is 0 Å². The van der Waals surface area contributed by atoms with E-state index in [0.29, 0.717) is 17.8 Å². The predicted molar refractivity (Wildman–Crippen MR) is 145 cm³/mol. The van der Waals surface area contributed by atoms with Gasteiger partial charge in [-0.25, -0.2) is 0 Å². The van der Waals surface area contributed by atoms with Gasteiger partial charge in [0.05, 0.1) is 11.5 Å². The molecular formula is C32H49ClO3. The average Bonchev–Trinajstić information content (AvgIpc) is 3.18. The third-order valence-electron chi connectivity index (χ3n) is 14.0. The van der Waals surface area contributed by atoms with Gasteiger partial charge in [0.15, 0.2) is 0 Å². The lowest BCUT2D eigenvalue weighted by atomic mass is 9.31. The fourth-order valence-electron chi connectivity index (χ4n) is 12.1. The topological polar surface area (TPSA) is 54.4 Å². The highest BCUT2D eigenvalue weighted by molar-refractivity contribution is 6.65. The maximum Gasteiger partial charge on any atom is 0.228 e. The van der Waals surface area contributed by atoms with Gasteiger partial charge in [-0.1, -0.05) is 46.8 Å². The zero-order valence-corrected chi connectivity index (χ0v) is 24.5. The number of ketones is 1. The maximum atomic E-state index is 13.4. The molecule has 0 saturated heterocycles. The van der Waals surface area contributed by atoms with E-state index in [4.69, 9.17) is 11.6 Å². The molecule has 202 valence electrons. The molecule has 5 aliphatic rings. The Morgan fingerprint density at radius 2 is 1.53 bits per heavy atom. The van der Waals surface area contributed by atoms with E-state index in [-0.39, 0.29) is 56.5 Å². The molecular weight excluding hydrogens is 468 g/mol. The van der Waals surface area contributed by atoms with Crippen molar-refractivity contribution < 1.29 is 14.7 Å². The van der Waals surface area contributed by atoms with Crippen molar-refractivity contribution in [3.05, 3.63) is 12.2 Å². The molecule has 5 fully saturated rings. The van der Waals surface area contributed by atoms with E-state index in [9.17, 15) is 14.7 Å². The molecule has 5 saturated carbocycles. The third-order valence-corrected chi connectivity index (χ3v) is 14.3. The zero-order chi connectivity index (χ0) is 26.6. The minimum Gasteiger partial charge on any atom is -0.393 e. The minimum atomic E-state index is -0.734. The van der Waals surface area contributed by atoms with Gasteiger partial charge in [0, 0.05) is 5.92 Å². The molecule has 0 aromatic carbocycles. The Morgan fingerprint density at radius 3 is 2.11 bits per heavy atom. The Morgan fingerprint density at radius 1 is 0.861 bits per heavy atom. The molecule has 4 heteroatoms. The predicted octanol–water partition coefficient (Wildman–Crippen LogP) is 7.59. The van der Waals surface area contributed by atoms with Gasteiger partial charge in [-0.3, -0.25) is 9.59 Å². The van der Waals surface area contributed by atoms with Gasteiger partial charge in [0.1, 0.15) is 5.78 Å². The smallest absolute Gasteiger partial charge is 0.228 e. The quantitative estimate of drug-likeness (QED) is 0.310. The van der Waals surface area contributed by atoms with Crippen molar-refractivity contribution in [2.45, 2.75) is 112 Å². The number of carbonyl (C=O) groups excluding carboxylic acids is 2. The van der Waals surface area contributed by atoms with Crippen molar-refractivity contribution >= 4 is 22.6 Å². The summed E-state index contributed by atoms with van der Waals surface area (Å²) in [5.41, 5.74) is 0.600. The second-order valence-electron chi connectivity index (χ2n) is 15.2. The summed E-state index contributed by atoms with van der Waals surface area (Å²) in [6, 6.07) is 0. The summed E-state index contributed by atoms with van der Waals surface area (Å²) in [6.45, 7) is 20.3. The van der Waals surface area contributed by atoms with E-state index in [0.717, 1.165) is 56.9 Å². The highest BCUT2D eigenvalue weighted by atomic mass is 35.5. The van der Waals surface area contributed by atoms with Gasteiger partial charge in [0.2, 0.25) is 5.24 Å². The van der Waals surface area contributed by atoms with Crippen molar-refractivity contribution in [2.24, 2.45) is 62.6 Å². The van der Waals surface area contributed by atoms with Gasteiger partial charge in [-0.2, -0.15) is 0 Å². The van der Waals surface area contributed by atoms with Crippen molar-refractivity contribution in [3.63, 3.8) is 0 Å². The number of allylic oxidation sites excluding steroid dienone is 1. The van der Waals surface area contributed by atoms with Crippen molar-refractivity contribution in [1.82, 2.24) is 0 Å². The minimum absolute atomic E-state index is 0.0288. The highest BCUT2D eigenvalue weighted by Gasteiger charge is 2.74. The molecule has 1 N–H and O–H groups in total. The van der Waals surface area contributed by atoms with E-state index >= 15 is 0 Å². The Hall–Kier alpha value is -0.670. The molecule has 11 atom stereocenters. The van der Waals surface area contributed by atoms with Crippen LogP contribution in [0.15, 0.2) is 12.2 Å². The monoisotopic (exact) mass is 516 g/mol. The summed E-state index contributed by atoms with van der Waals surface area (Å²) in [6.07, 6.45) is 8.71. The van der Waals surface area contributed by atoms with E-state index in [1.165, 1.54) is 6.42 Å². The molecule has 3 nitrogen and oxygen atoms in total. The summed E-state index contributed by atoms with van der Waals surface area (Å²) in [5, 5.41) is 10.7. The number of carbonyl (C=O) groups is 2. The number of rotatable bonds is 3. The largest absolute Gasteiger partial charge is 0.393 e. The number of aliphatic hydroxyl groups is 1. The molecule has 36 heavy (non-hydrogen) atoms. The molecule has 0 bridgehead atoms. The Labute approximate surface area is 224 Å². The van der Waals surface area contributed by atoms with Crippen molar-refractivity contribution in [2.75, 3.05) is 0 Å². The maximum absolute atomic E-state index is 13.4. The Bertz CT molecular complexity index is 986. The number of halogens is 1. The lowest BCUT2D eigenvalue weighted by Crippen LogP contribution is -2.68. The summed E-state index contributed by atoms with van der Waals surface area (Å²) < 4.78 is 0. The van der Waals surface area contributed by atoms with Crippen LogP contribution < -0.4 is 0 Å². The average molecular weight is 517 g/mol. The van der Waals surface area contributed by atoms with Gasteiger partial charge in [-0.15, -0.1) is 0 Å². The van der Waals surface area contributed by atoms with Crippen LogP contribution in [0, 0.1) is 62.6 Å². The normalized spacial score (nSPS) is 53.4. The van der Waals surface area contributed by atoms with Crippen LogP contribution in [-0.4, -0.2) is 22.2 Å². The summed E-state index contributed by atoms with van der Waals surface area (Å²) >= 11 is 6.52. The van der Waals surface area contributed by atoms with E-state index in [2.05, 4.69) is 48.1 Å². The van der Waals surface area contributed by atoms with Crippen LogP contribution in [0.5, 0.6) is 0 Å². The standard InChI is InChI=1S/C32H49ClO3/c1-18(2)20-11-16-32(27(33)36)22(19(3)34)17-31(8)21(26(20)32)9-10-24-29(6)14-13-25(35)28(4,5)23(29)12-15-30(24,31)7/h20-26,35H,1,9-17H2,2-8H3/t20-,21+,22?,23-,24+,25-,26+,29-,30+,31+,32-/m0/s1. The Kier molecular flexibility index (Phi) is 6.11. The summed E-state index contributed by atoms with van der Waals surface area (Å²) in [5.74, 6) is 1.66. The summed E-state index contributed by atoms with van der Waals surface area (Å²) in [4.78, 5) is 26.7. The molecule has 0 spiro atoms. The fourth-order valence-corrected chi connectivity index (χ4v) is 12.5. The van der Waals surface area contributed by atoms with E-state index < -0.39 is 5.41 Å². The first kappa shape index (κ1) is 26.9. The highest BCUT2D eigenvalue weighted by Crippen LogP contribution is 2.78. The second kappa shape index (κ2) is 8.17. The Balaban J connectivity index is 1.64. The lowest BCUT2D eigenvalue weighted by Gasteiger charge is -2.73. The first-order valence-corrected chi connectivity index (χ1v) is 15.0. The number of hydrogen-bond donors (Lipinski definition) is 1. The molecule has 0 aromatic heterocycles. The third kappa shape index (κ3) is 3.08. The number of aliphatic hydroxyl groups excluding tert-OH is 1. The van der Waals surface area contributed by atoms with E-state index in [1.807, 2.05) is 0 Å². The number of hydrogen-bond acceptors (Lipinski definition) is 3. The number of Topliss-reactive ketones (excluding diaryl/α,β-unsaturated/α-hetero) is 1. The van der Waals surface area contributed by atoms with Gasteiger partial charge < -0.3 is 5.11 Å². The van der Waals surface area contributed by atoms with Crippen LogP contribution >= 0.6 is 11.6 Å². The van der Waals surface area contributed by atoms with Crippen LogP contribution in [-0.2, 0) is 9.59 Å². The van der Waals surface area contributed by atoms with Crippen LogP contribution in [0.4, 0.5) is 0 Å². The zero-order valence-electron chi connectivity index (χ0n) is 23.8. The second-order valence-corrected chi connectivity index (χ2v) is 15.6. The fraction of sp³-hybridized carbons (Fsp3) is 0.875.